The predicted octanol–water partition coefficient (Wildman–Crippen LogP) is 3.36. The van der Waals surface area contributed by atoms with Crippen LogP contribution in [0.15, 0.2) is 41.3 Å². The first-order valence-corrected chi connectivity index (χ1v) is 11.3. The number of nitrogens with one attached hydrogen (secondary N) is 1. The summed E-state index contributed by atoms with van der Waals surface area (Å²) in [6, 6.07) is 10.0. The van der Waals surface area contributed by atoms with E-state index in [2.05, 4.69) is 5.32 Å². The lowest BCUT2D eigenvalue weighted by molar-refractivity contribution is 0.0679. The predicted molar refractivity (Wildman–Crippen MR) is 116 cm³/mol. The number of nitrogens with zero attached hydrogens (tertiary/aromatic N) is 1. The molecule has 1 saturated heterocycles. The van der Waals surface area contributed by atoms with Gasteiger partial charge in [0.2, 0.25) is 10.0 Å². The van der Waals surface area contributed by atoms with Crippen LogP contribution in [0.3, 0.4) is 0 Å². The van der Waals surface area contributed by atoms with Crippen LogP contribution in [0.1, 0.15) is 34.3 Å². The first-order valence-electron chi connectivity index (χ1n) is 9.88. The number of hydrogen-bond acceptors (Lipinski definition) is 5. The average Bonchev–Trinajstić information content (AvgIpc) is 3.23. The van der Waals surface area contributed by atoms with E-state index in [1.807, 2.05) is 13.8 Å². The van der Waals surface area contributed by atoms with Gasteiger partial charge in [-0.3, -0.25) is 4.79 Å². The standard InChI is InChI=1S/C22H28N2O5S/c1-15-11-20(30(26,27)24(3)4)13-21(16(15)2)23-22(25)17-7-5-8-18(12-17)29-14-19-9-6-10-28-19/h5,7-8,11-13,19H,6,9-10,14H2,1-4H3,(H,23,25)/t19-/m0/s1. The Kier molecular flexibility index (Phi) is 6.80. The summed E-state index contributed by atoms with van der Waals surface area (Å²) in [5.41, 5.74) is 2.48. The van der Waals surface area contributed by atoms with Gasteiger partial charge in [0.1, 0.15) is 12.4 Å². The summed E-state index contributed by atoms with van der Waals surface area (Å²) in [6.07, 6.45) is 2.11. The molecule has 7 nitrogen and oxygen atoms in total. The summed E-state index contributed by atoms with van der Waals surface area (Å²) in [5, 5.41) is 2.84. The molecule has 2 aromatic carbocycles. The smallest absolute Gasteiger partial charge is 0.255 e. The van der Waals surface area contributed by atoms with Gasteiger partial charge >= 0.3 is 0 Å². The number of amides is 1. The summed E-state index contributed by atoms with van der Waals surface area (Å²) >= 11 is 0. The third kappa shape index (κ3) is 5.00. The van der Waals surface area contributed by atoms with Gasteiger partial charge in [0.15, 0.2) is 0 Å². The molecule has 0 aliphatic carbocycles. The lowest BCUT2D eigenvalue weighted by atomic mass is 10.1. The van der Waals surface area contributed by atoms with Gasteiger partial charge in [-0.05, 0) is 68.1 Å². The van der Waals surface area contributed by atoms with Crippen molar-refractivity contribution in [3.8, 4) is 5.75 Å². The molecule has 8 heteroatoms. The first kappa shape index (κ1) is 22.3. The summed E-state index contributed by atoms with van der Waals surface area (Å²) in [4.78, 5) is 13.0. The van der Waals surface area contributed by atoms with Crippen LogP contribution in [-0.4, -0.2) is 52.0 Å². The molecule has 0 unspecified atom stereocenters. The molecule has 0 aromatic heterocycles. The monoisotopic (exact) mass is 432 g/mol. The van der Waals surface area contributed by atoms with E-state index >= 15 is 0 Å². The molecular weight excluding hydrogens is 404 g/mol. The van der Waals surface area contributed by atoms with Gasteiger partial charge in [-0.15, -0.1) is 0 Å². The van der Waals surface area contributed by atoms with Gasteiger partial charge in [-0.2, -0.15) is 0 Å². The minimum absolute atomic E-state index is 0.0921. The molecular formula is C22H28N2O5S. The SMILES string of the molecule is Cc1cc(S(=O)(=O)N(C)C)cc(NC(=O)c2cccc(OC[C@@H]3CCCO3)c2)c1C. The minimum Gasteiger partial charge on any atom is -0.491 e. The van der Waals surface area contributed by atoms with Gasteiger partial charge in [0.25, 0.3) is 5.91 Å². The van der Waals surface area contributed by atoms with Gasteiger partial charge in [-0.25, -0.2) is 12.7 Å². The molecule has 1 aliphatic rings. The van der Waals surface area contributed by atoms with Crippen molar-refractivity contribution >= 4 is 21.6 Å². The molecule has 1 amide bonds. The largest absolute Gasteiger partial charge is 0.491 e. The number of carbonyl (C=O) groups excluding carboxylic acids is 1. The molecule has 1 fully saturated rings. The van der Waals surface area contributed by atoms with E-state index in [0.29, 0.717) is 23.6 Å². The fraction of sp³-hybridized carbons (Fsp3) is 0.409. The van der Waals surface area contributed by atoms with Crippen molar-refractivity contribution in [3.05, 3.63) is 53.1 Å². The number of anilines is 1. The number of sulfonamides is 1. The van der Waals surface area contributed by atoms with Crippen LogP contribution in [0.2, 0.25) is 0 Å². The normalized spacial score (nSPS) is 16.6. The molecule has 1 aliphatic heterocycles. The fourth-order valence-electron chi connectivity index (χ4n) is 3.20. The van der Waals surface area contributed by atoms with Crippen molar-refractivity contribution in [1.82, 2.24) is 4.31 Å². The Bertz CT molecular complexity index is 1030. The summed E-state index contributed by atoms with van der Waals surface area (Å²) in [7, 11) is -0.657. The van der Waals surface area contributed by atoms with Crippen molar-refractivity contribution in [1.29, 1.82) is 0 Å². The Morgan fingerprint density at radius 3 is 2.67 bits per heavy atom. The lowest BCUT2D eigenvalue weighted by Crippen LogP contribution is -2.23. The number of ether oxygens (including phenoxy) is 2. The summed E-state index contributed by atoms with van der Waals surface area (Å²) in [6.45, 7) is 4.88. The highest BCUT2D eigenvalue weighted by Crippen LogP contribution is 2.26. The zero-order valence-electron chi connectivity index (χ0n) is 17.8. The molecule has 162 valence electrons. The average molecular weight is 433 g/mol. The minimum atomic E-state index is -3.61. The highest BCUT2D eigenvalue weighted by Gasteiger charge is 2.21. The number of rotatable bonds is 7. The molecule has 1 heterocycles. The van der Waals surface area contributed by atoms with E-state index in [1.54, 1.807) is 30.3 Å². The Labute approximate surface area is 178 Å². The van der Waals surface area contributed by atoms with Crippen molar-refractivity contribution in [2.45, 2.75) is 37.7 Å². The van der Waals surface area contributed by atoms with E-state index in [0.717, 1.165) is 34.9 Å². The second kappa shape index (κ2) is 9.16. The van der Waals surface area contributed by atoms with Crippen LogP contribution in [0.5, 0.6) is 5.75 Å². The molecule has 30 heavy (non-hydrogen) atoms. The number of benzene rings is 2. The van der Waals surface area contributed by atoms with Gasteiger partial charge < -0.3 is 14.8 Å². The molecule has 1 atom stereocenters. The topological polar surface area (TPSA) is 84.9 Å². The second-order valence-corrected chi connectivity index (χ2v) is 9.78. The highest BCUT2D eigenvalue weighted by atomic mass is 32.2. The Morgan fingerprint density at radius 2 is 2.00 bits per heavy atom. The zero-order valence-corrected chi connectivity index (χ0v) is 18.6. The molecule has 0 saturated carbocycles. The maximum Gasteiger partial charge on any atom is 0.255 e. The fourth-order valence-corrected chi connectivity index (χ4v) is 4.22. The van der Waals surface area contributed by atoms with Crippen molar-refractivity contribution in [2.75, 3.05) is 32.6 Å². The Balaban J connectivity index is 1.78. The summed E-state index contributed by atoms with van der Waals surface area (Å²) < 4.78 is 37.5. The molecule has 1 N–H and O–H groups in total. The van der Waals surface area contributed by atoms with Crippen molar-refractivity contribution in [2.24, 2.45) is 0 Å². The van der Waals surface area contributed by atoms with E-state index in [9.17, 15) is 13.2 Å². The summed E-state index contributed by atoms with van der Waals surface area (Å²) in [5.74, 6) is 0.259. The number of carbonyl (C=O) groups is 1. The second-order valence-electron chi connectivity index (χ2n) is 7.63. The van der Waals surface area contributed by atoms with Gasteiger partial charge in [-0.1, -0.05) is 6.07 Å². The molecule has 3 rings (SSSR count). The van der Waals surface area contributed by atoms with E-state index < -0.39 is 10.0 Å². The lowest BCUT2D eigenvalue weighted by Gasteiger charge is -2.17. The van der Waals surface area contributed by atoms with Crippen molar-refractivity contribution < 1.29 is 22.7 Å². The zero-order chi connectivity index (χ0) is 21.9. The molecule has 0 spiro atoms. The van der Waals surface area contributed by atoms with Crippen LogP contribution in [0.4, 0.5) is 5.69 Å². The van der Waals surface area contributed by atoms with E-state index in [4.69, 9.17) is 9.47 Å². The highest BCUT2D eigenvalue weighted by molar-refractivity contribution is 7.89. The van der Waals surface area contributed by atoms with Crippen LogP contribution in [-0.2, 0) is 14.8 Å². The van der Waals surface area contributed by atoms with E-state index in [1.165, 1.54) is 20.2 Å². The van der Waals surface area contributed by atoms with Crippen LogP contribution in [0, 0.1) is 13.8 Å². The third-order valence-electron chi connectivity index (χ3n) is 5.22. The number of hydrogen-bond donors (Lipinski definition) is 1. The molecule has 0 bridgehead atoms. The first-order chi connectivity index (χ1) is 14.2. The van der Waals surface area contributed by atoms with Crippen LogP contribution < -0.4 is 10.1 Å². The Hall–Kier alpha value is -2.42. The quantitative estimate of drug-likeness (QED) is 0.725. The molecule has 0 radical (unpaired) electrons. The van der Waals surface area contributed by atoms with Crippen molar-refractivity contribution in [3.63, 3.8) is 0 Å². The third-order valence-corrected chi connectivity index (χ3v) is 7.02. The maximum atomic E-state index is 12.8. The van der Waals surface area contributed by atoms with Crippen LogP contribution in [0.25, 0.3) is 0 Å². The van der Waals surface area contributed by atoms with E-state index in [-0.39, 0.29) is 16.9 Å². The van der Waals surface area contributed by atoms with Gasteiger partial charge in [0, 0.05) is 32.0 Å². The molecule has 2 aromatic rings. The van der Waals surface area contributed by atoms with Crippen LogP contribution >= 0.6 is 0 Å². The number of aryl methyl sites for hydroxylation is 1. The van der Waals surface area contributed by atoms with Gasteiger partial charge in [0.05, 0.1) is 11.0 Å². The maximum absolute atomic E-state index is 12.8. The Morgan fingerprint density at radius 1 is 1.23 bits per heavy atom.